The molecule has 2 saturated heterocycles. The van der Waals surface area contributed by atoms with Gasteiger partial charge in [-0.3, -0.25) is 14.5 Å². The summed E-state index contributed by atoms with van der Waals surface area (Å²) in [6.07, 6.45) is 8.05. The van der Waals surface area contributed by atoms with Gasteiger partial charge in [-0.1, -0.05) is 93.1 Å². The summed E-state index contributed by atoms with van der Waals surface area (Å²) >= 11 is 0. The smallest absolute Gasteiger partial charge is 0.410 e. The first-order chi connectivity index (χ1) is 21.6. The van der Waals surface area contributed by atoms with Crippen molar-refractivity contribution in [1.82, 2.24) is 20.9 Å². The summed E-state index contributed by atoms with van der Waals surface area (Å²) in [5.74, 6) is 0.0876. The van der Waals surface area contributed by atoms with Crippen molar-refractivity contribution in [3.8, 4) is 11.1 Å². The molecule has 4 amide bonds. The highest BCUT2D eigenvalue weighted by molar-refractivity contribution is 5.95. The van der Waals surface area contributed by atoms with Crippen LogP contribution in [0, 0.1) is 5.92 Å². The van der Waals surface area contributed by atoms with Crippen LogP contribution in [0.4, 0.5) is 9.59 Å². The van der Waals surface area contributed by atoms with Crippen LogP contribution in [-0.2, 0) is 25.7 Å². The van der Waals surface area contributed by atoms with Crippen molar-refractivity contribution in [3.05, 3.63) is 60.2 Å². The minimum atomic E-state index is -1.03. The largest absolute Gasteiger partial charge is 0.449 e. The molecule has 3 aliphatic rings. The van der Waals surface area contributed by atoms with Crippen molar-refractivity contribution in [2.75, 3.05) is 13.2 Å². The van der Waals surface area contributed by atoms with Crippen molar-refractivity contribution in [2.45, 2.75) is 102 Å². The molecule has 0 aromatic heterocycles. The highest BCUT2D eigenvalue weighted by Crippen LogP contribution is 2.31. The molecule has 242 valence electrons. The molecule has 0 spiro atoms. The third-order valence-electron chi connectivity index (χ3n) is 9.38. The fourth-order valence-corrected chi connectivity index (χ4v) is 6.83. The molecule has 10 heteroatoms. The maximum atomic E-state index is 13.4. The summed E-state index contributed by atoms with van der Waals surface area (Å²) in [7, 11) is 0. The molecule has 2 aromatic carbocycles. The number of nitrogens with one attached hydrogen (secondary N) is 3. The minimum Gasteiger partial charge on any atom is -0.449 e. The lowest BCUT2D eigenvalue weighted by Gasteiger charge is -2.54. The van der Waals surface area contributed by atoms with Gasteiger partial charge in [0.2, 0.25) is 11.8 Å². The summed E-state index contributed by atoms with van der Waals surface area (Å²) in [6.45, 7) is 5.68. The highest BCUT2D eigenvalue weighted by atomic mass is 16.6. The van der Waals surface area contributed by atoms with Gasteiger partial charge in [0.15, 0.2) is 0 Å². The number of benzene rings is 2. The van der Waals surface area contributed by atoms with E-state index in [0.717, 1.165) is 41.9 Å². The molecule has 3 N–H and O–H groups in total. The molecule has 0 bridgehead atoms. The van der Waals surface area contributed by atoms with Gasteiger partial charge in [0, 0.05) is 0 Å². The van der Waals surface area contributed by atoms with Gasteiger partial charge in [-0.15, -0.1) is 0 Å². The molecule has 1 saturated carbocycles. The van der Waals surface area contributed by atoms with Gasteiger partial charge >= 0.3 is 12.2 Å². The Morgan fingerprint density at radius 3 is 2.20 bits per heavy atom. The Hall–Kier alpha value is -4.08. The fraction of sp³-hybridized carbons (Fsp3) is 0.543. The van der Waals surface area contributed by atoms with Gasteiger partial charge in [-0.05, 0) is 56.2 Å². The van der Waals surface area contributed by atoms with Crippen LogP contribution >= 0.6 is 0 Å². The van der Waals surface area contributed by atoms with Crippen LogP contribution in [0.5, 0.6) is 0 Å². The van der Waals surface area contributed by atoms with E-state index >= 15 is 0 Å². The SMILES string of the molecule is CC1(C)NC(=O)[C@@H]1N(C[C@@]1(C)NC(=O)[C@@H]1NC(=O)OCc1ccc(-c2ccccc2)cc1)C(=O)OCCCCC1CCCCC1. The first kappa shape index (κ1) is 32.3. The average Bonchev–Trinajstić information content (AvgIpc) is 3.03. The second-order valence-corrected chi connectivity index (χ2v) is 13.5. The molecule has 0 radical (unpaired) electrons. The third kappa shape index (κ3) is 7.78. The average molecular weight is 619 g/mol. The summed E-state index contributed by atoms with van der Waals surface area (Å²) in [5.41, 5.74) is 1.25. The number of nitrogens with zero attached hydrogens (tertiary/aromatic N) is 1. The van der Waals surface area contributed by atoms with Crippen LogP contribution in [-0.4, -0.2) is 65.2 Å². The van der Waals surface area contributed by atoms with E-state index in [1.165, 1.54) is 37.0 Å². The van der Waals surface area contributed by atoms with E-state index < -0.39 is 41.3 Å². The Morgan fingerprint density at radius 2 is 1.56 bits per heavy atom. The van der Waals surface area contributed by atoms with Gasteiger partial charge in [0.1, 0.15) is 18.7 Å². The van der Waals surface area contributed by atoms with Gasteiger partial charge < -0.3 is 25.4 Å². The quantitative estimate of drug-likeness (QED) is 0.219. The predicted molar refractivity (Wildman–Crippen MR) is 170 cm³/mol. The van der Waals surface area contributed by atoms with E-state index in [1.54, 1.807) is 6.92 Å². The van der Waals surface area contributed by atoms with Crippen molar-refractivity contribution in [1.29, 1.82) is 0 Å². The molecule has 5 rings (SSSR count). The van der Waals surface area contributed by atoms with Crippen LogP contribution < -0.4 is 16.0 Å². The molecular weight excluding hydrogens is 572 g/mol. The lowest BCUT2D eigenvalue weighted by Crippen LogP contribution is -2.83. The first-order valence-corrected chi connectivity index (χ1v) is 16.2. The van der Waals surface area contributed by atoms with E-state index in [-0.39, 0.29) is 25.7 Å². The van der Waals surface area contributed by atoms with Crippen LogP contribution in [0.15, 0.2) is 54.6 Å². The second-order valence-electron chi connectivity index (χ2n) is 13.5. The molecule has 45 heavy (non-hydrogen) atoms. The topological polar surface area (TPSA) is 126 Å². The molecule has 3 fully saturated rings. The predicted octanol–water partition coefficient (Wildman–Crippen LogP) is 5.30. The Kier molecular flexibility index (Phi) is 9.99. The van der Waals surface area contributed by atoms with Crippen LogP contribution in [0.1, 0.15) is 77.7 Å². The van der Waals surface area contributed by atoms with Crippen molar-refractivity contribution in [2.24, 2.45) is 5.92 Å². The Bertz CT molecular complexity index is 1360. The maximum Gasteiger partial charge on any atom is 0.410 e. The van der Waals surface area contributed by atoms with Crippen molar-refractivity contribution >= 4 is 24.0 Å². The number of carbonyl (C=O) groups is 4. The normalized spacial score (nSPS) is 23.9. The Balaban J connectivity index is 1.14. The number of unbranched alkanes of at least 4 members (excludes halogenated alkanes) is 1. The van der Waals surface area contributed by atoms with Gasteiger partial charge in [-0.25, -0.2) is 9.59 Å². The highest BCUT2D eigenvalue weighted by Gasteiger charge is 2.58. The number of ether oxygens (including phenoxy) is 2. The summed E-state index contributed by atoms with van der Waals surface area (Å²) in [6, 6.07) is 15.9. The van der Waals surface area contributed by atoms with Crippen LogP contribution in [0.25, 0.3) is 11.1 Å². The molecule has 3 atom stereocenters. The van der Waals surface area contributed by atoms with E-state index in [2.05, 4.69) is 16.0 Å². The zero-order chi connectivity index (χ0) is 32.0. The van der Waals surface area contributed by atoms with Gasteiger partial charge in [-0.2, -0.15) is 0 Å². The lowest BCUT2D eigenvalue weighted by molar-refractivity contribution is -0.145. The second kappa shape index (κ2) is 13.9. The van der Waals surface area contributed by atoms with Gasteiger partial charge in [0.05, 0.1) is 24.2 Å². The standard InChI is InChI=1S/C35H46N4O6/c1-34(2)29(31(41)37-34)39(33(43)44-21-11-10-14-24-12-6-4-7-13-24)23-35(3)28(30(40)38-35)36-32(42)45-22-25-17-19-27(20-18-25)26-15-8-5-9-16-26/h5,8-9,15-20,24,28-29H,4,6-7,10-14,21-23H2,1-3H3,(H,36,42)(H,37,41)(H,38,40)/t28-,29-,35+/m0/s1. The number of hydrogen-bond acceptors (Lipinski definition) is 6. The molecule has 2 heterocycles. The summed E-state index contributed by atoms with van der Waals surface area (Å²) in [5, 5.41) is 8.31. The molecule has 2 aliphatic heterocycles. The summed E-state index contributed by atoms with van der Waals surface area (Å²) in [4.78, 5) is 52.8. The number of β-lactam (4-membered cyclic amide) rings is 2. The molecule has 2 aromatic rings. The number of alkyl carbamates (subject to hydrolysis) is 1. The monoisotopic (exact) mass is 618 g/mol. The maximum absolute atomic E-state index is 13.4. The number of amides is 4. The molecule has 10 nitrogen and oxygen atoms in total. The molecule has 0 unspecified atom stereocenters. The van der Waals surface area contributed by atoms with Crippen LogP contribution in [0.2, 0.25) is 0 Å². The van der Waals surface area contributed by atoms with E-state index in [1.807, 2.05) is 68.4 Å². The van der Waals surface area contributed by atoms with Crippen LogP contribution in [0.3, 0.4) is 0 Å². The molecular formula is C35H46N4O6. The van der Waals surface area contributed by atoms with E-state index in [4.69, 9.17) is 9.47 Å². The van der Waals surface area contributed by atoms with Gasteiger partial charge in [0.25, 0.3) is 0 Å². The molecule has 1 aliphatic carbocycles. The van der Waals surface area contributed by atoms with E-state index in [9.17, 15) is 19.2 Å². The van der Waals surface area contributed by atoms with Crippen molar-refractivity contribution in [3.63, 3.8) is 0 Å². The zero-order valence-electron chi connectivity index (χ0n) is 26.6. The first-order valence-electron chi connectivity index (χ1n) is 16.2. The summed E-state index contributed by atoms with van der Waals surface area (Å²) < 4.78 is 11.1. The zero-order valence-corrected chi connectivity index (χ0v) is 26.6. The fourth-order valence-electron chi connectivity index (χ4n) is 6.83. The number of rotatable bonds is 12. The van der Waals surface area contributed by atoms with E-state index in [0.29, 0.717) is 0 Å². The third-order valence-corrected chi connectivity index (χ3v) is 9.38. The minimum absolute atomic E-state index is 0.0208. The number of carbonyl (C=O) groups excluding carboxylic acids is 4. The Labute approximate surface area is 265 Å². The lowest BCUT2D eigenvalue weighted by atomic mass is 9.79. The number of hydrogen-bond donors (Lipinski definition) is 3. The Morgan fingerprint density at radius 1 is 0.867 bits per heavy atom. The van der Waals surface area contributed by atoms with Crippen molar-refractivity contribution < 1.29 is 28.7 Å².